The van der Waals surface area contributed by atoms with Gasteiger partial charge in [0.15, 0.2) is 11.4 Å². The average molecular weight is 529 g/mol. The summed E-state index contributed by atoms with van der Waals surface area (Å²) >= 11 is 0. The number of epoxide rings is 1. The normalized spacial score (nSPS) is 59.8. The summed E-state index contributed by atoms with van der Waals surface area (Å²) in [7, 11) is 0. The van der Waals surface area contributed by atoms with Crippen molar-refractivity contribution in [3.63, 3.8) is 0 Å². The Morgan fingerprint density at radius 3 is 2.45 bits per heavy atom. The molecule has 2 heterocycles. The number of carbonyl (C=O) groups excluding carboxylic acids is 3. The summed E-state index contributed by atoms with van der Waals surface area (Å²) in [5.74, 6) is -1.29. The SMILES string of the molecule is CC(=O)O[C@H]1C2C3CC[C@@](O)(C4C[C@]5(C)C[C@H]4OC(=O)[C@]5(C)O)[C@@]3(C)CCC2[C@@]2(C)C(=O)C=CC[C@]23O[C@H]13. The third-order valence-corrected chi connectivity index (χ3v) is 13.3. The lowest BCUT2D eigenvalue weighted by atomic mass is 9.43. The number of esters is 2. The molecule has 8 nitrogen and oxygen atoms in total. The van der Waals surface area contributed by atoms with Crippen molar-refractivity contribution in [3.05, 3.63) is 12.2 Å². The van der Waals surface area contributed by atoms with E-state index in [0.717, 1.165) is 19.3 Å². The van der Waals surface area contributed by atoms with Crippen molar-refractivity contribution in [2.75, 3.05) is 0 Å². The van der Waals surface area contributed by atoms with Gasteiger partial charge >= 0.3 is 11.9 Å². The van der Waals surface area contributed by atoms with E-state index in [1.54, 1.807) is 6.08 Å². The van der Waals surface area contributed by atoms with Crippen LogP contribution in [0.4, 0.5) is 0 Å². The highest BCUT2D eigenvalue weighted by molar-refractivity contribution is 5.98. The van der Waals surface area contributed by atoms with E-state index < -0.39 is 51.2 Å². The van der Waals surface area contributed by atoms with Crippen LogP contribution in [0.3, 0.4) is 0 Å². The van der Waals surface area contributed by atoms with Gasteiger partial charge in [-0.2, -0.15) is 0 Å². The van der Waals surface area contributed by atoms with Crippen molar-refractivity contribution in [1.82, 2.24) is 0 Å². The Kier molecular flexibility index (Phi) is 4.71. The Hall–Kier alpha value is -1.77. The molecule has 0 aromatic carbocycles. The molecular formula is C30H40O8. The summed E-state index contributed by atoms with van der Waals surface area (Å²) in [6.07, 6.45) is 6.75. The van der Waals surface area contributed by atoms with Crippen molar-refractivity contribution in [3.8, 4) is 0 Å². The molecule has 2 N–H and O–H groups in total. The van der Waals surface area contributed by atoms with Crippen LogP contribution in [0.2, 0.25) is 0 Å². The summed E-state index contributed by atoms with van der Waals surface area (Å²) in [4.78, 5) is 38.6. The molecule has 1 spiro atoms. The van der Waals surface area contributed by atoms with Crippen LogP contribution in [0.25, 0.3) is 0 Å². The number of aliphatic hydroxyl groups is 2. The number of carbonyl (C=O) groups is 3. The van der Waals surface area contributed by atoms with Gasteiger partial charge in [0.2, 0.25) is 0 Å². The molecule has 7 rings (SSSR count). The van der Waals surface area contributed by atoms with Crippen LogP contribution >= 0.6 is 0 Å². The van der Waals surface area contributed by atoms with Crippen molar-refractivity contribution >= 4 is 17.7 Å². The van der Waals surface area contributed by atoms with Gasteiger partial charge in [-0.05, 0) is 82.1 Å². The first-order chi connectivity index (χ1) is 17.7. The van der Waals surface area contributed by atoms with Crippen molar-refractivity contribution < 1.29 is 38.8 Å². The van der Waals surface area contributed by atoms with E-state index in [1.165, 1.54) is 13.8 Å². The predicted molar refractivity (Wildman–Crippen MR) is 133 cm³/mol. The third kappa shape index (κ3) is 2.57. The molecule has 208 valence electrons. The predicted octanol–water partition coefficient (Wildman–Crippen LogP) is 2.87. The van der Waals surface area contributed by atoms with Crippen LogP contribution in [0, 0.1) is 39.9 Å². The van der Waals surface area contributed by atoms with Gasteiger partial charge in [0.25, 0.3) is 0 Å². The lowest BCUT2D eigenvalue weighted by molar-refractivity contribution is -0.205. The first kappa shape index (κ1) is 25.2. The van der Waals surface area contributed by atoms with Crippen LogP contribution in [-0.2, 0) is 28.6 Å². The summed E-state index contributed by atoms with van der Waals surface area (Å²) in [6.45, 7) is 9.09. The Morgan fingerprint density at radius 1 is 1.03 bits per heavy atom. The first-order valence-corrected chi connectivity index (χ1v) is 14.4. The van der Waals surface area contributed by atoms with Crippen molar-refractivity contribution in [1.29, 1.82) is 0 Å². The van der Waals surface area contributed by atoms with Crippen LogP contribution in [-0.4, -0.2) is 63.0 Å². The van der Waals surface area contributed by atoms with Gasteiger partial charge in [0.1, 0.15) is 23.9 Å². The fourth-order valence-electron chi connectivity index (χ4n) is 10.8. The molecule has 38 heavy (non-hydrogen) atoms. The molecule has 5 aliphatic carbocycles. The monoisotopic (exact) mass is 528 g/mol. The molecule has 0 radical (unpaired) electrons. The molecule has 0 aromatic rings. The van der Waals surface area contributed by atoms with Gasteiger partial charge in [-0.15, -0.1) is 0 Å². The standard InChI is InChI=1S/C30H40O8/c1-15(31)36-22-21-16-9-12-29(35,18-13-25(2)14-19(18)37-24(33)28(25,5)34)26(16,3)11-8-17(21)27(4)20(32)7-6-10-30(27)23(22)38-30/h6-7,16-19,21-23,34-35H,8-14H2,1-5H3/t16?,17?,18?,19-,21?,22+,23-,25-,26+,27+,28+,29-,30-/m1/s1. The number of fused-ring (bicyclic) bond motifs is 6. The fraction of sp³-hybridized carbons (Fsp3) is 0.833. The lowest BCUT2D eigenvalue weighted by Crippen LogP contribution is -2.66. The van der Waals surface area contributed by atoms with Crippen LogP contribution in [0.1, 0.15) is 79.6 Å². The van der Waals surface area contributed by atoms with Gasteiger partial charge in [-0.3, -0.25) is 9.59 Å². The molecule has 0 aromatic heterocycles. The number of rotatable bonds is 2. The zero-order valence-corrected chi connectivity index (χ0v) is 23.0. The van der Waals surface area contributed by atoms with E-state index in [1.807, 2.05) is 19.9 Å². The van der Waals surface area contributed by atoms with Crippen molar-refractivity contribution in [2.45, 2.75) is 115 Å². The van der Waals surface area contributed by atoms with E-state index in [4.69, 9.17) is 14.2 Å². The highest BCUT2D eigenvalue weighted by Gasteiger charge is 2.82. The Balaban J connectivity index is 1.29. The molecular weight excluding hydrogens is 488 g/mol. The Bertz CT molecular complexity index is 1180. The molecule has 2 saturated heterocycles. The maximum atomic E-state index is 13.5. The van der Waals surface area contributed by atoms with Gasteiger partial charge in [-0.25, -0.2) is 4.79 Å². The van der Waals surface area contributed by atoms with Gasteiger partial charge in [-0.1, -0.05) is 19.9 Å². The summed E-state index contributed by atoms with van der Waals surface area (Å²) in [6, 6.07) is 0. The fourth-order valence-corrected chi connectivity index (χ4v) is 10.8. The second-order valence-corrected chi connectivity index (χ2v) is 14.5. The molecule has 8 heteroatoms. The molecule has 4 saturated carbocycles. The topological polar surface area (TPSA) is 123 Å². The quantitative estimate of drug-likeness (QED) is 0.414. The highest BCUT2D eigenvalue weighted by Crippen LogP contribution is 2.75. The Labute approximate surface area is 223 Å². The third-order valence-electron chi connectivity index (χ3n) is 13.3. The molecule has 2 aliphatic heterocycles. The van der Waals surface area contributed by atoms with Crippen LogP contribution in [0.5, 0.6) is 0 Å². The second-order valence-electron chi connectivity index (χ2n) is 14.5. The van der Waals surface area contributed by atoms with Crippen LogP contribution < -0.4 is 0 Å². The van der Waals surface area contributed by atoms with Gasteiger partial charge in [0, 0.05) is 24.2 Å². The van der Waals surface area contributed by atoms with Gasteiger partial charge in [0.05, 0.1) is 11.0 Å². The maximum absolute atomic E-state index is 13.5. The number of hydrogen-bond acceptors (Lipinski definition) is 8. The highest BCUT2D eigenvalue weighted by atomic mass is 16.6. The molecule has 13 atom stereocenters. The molecule has 2 bridgehead atoms. The molecule has 6 fully saturated rings. The molecule has 7 aliphatic rings. The Morgan fingerprint density at radius 2 is 1.74 bits per heavy atom. The summed E-state index contributed by atoms with van der Waals surface area (Å²) in [5, 5.41) is 23.7. The average Bonchev–Trinajstić information content (AvgIpc) is 3.38. The van der Waals surface area contributed by atoms with E-state index in [9.17, 15) is 24.6 Å². The minimum absolute atomic E-state index is 0.0119. The second kappa shape index (κ2) is 7.10. The zero-order chi connectivity index (χ0) is 27.3. The number of allylic oxidation sites excluding steroid dienone is 1. The first-order valence-electron chi connectivity index (χ1n) is 14.4. The molecule has 0 amide bonds. The van der Waals surface area contributed by atoms with Crippen LogP contribution in [0.15, 0.2) is 12.2 Å². The maximum Gasteiger partial charge on any atom is 0.338 e. The van der Waals surface area contributed by atoms with E-state index in [2.05, 4.69) is 6.92 Å². The zero-order valence-electron chi connectivity index (χ0n) is 23.0. The van der Waals surface area contributed by atoms with E-state index in [-0.39, 0.29) is 41.5 Å². The van der Waals surface area contributed by atoms with Gasteiger partial charge < -0.3 is 24.4 Å². The van der Waals surface area contributed by atoms with E-state index in [0.29, 0.717) is 25.7 Å². The van der Waals surface area contributed by atoms with Crippen molar-refractivity contribution in [2.24, 2.45) is 39.9 Å². The number of hydrogen-bond donors (Lipinski definition) is 2. The summed E-state index contributed by atoms with van der Waals surface area (Å²) < 4.78 is 18.2. The largest absolute Gasteiger partial charge is 0.460 e. The molecule has 4 unspecified atom stereocenters. The summed E-state index contributed by atoms with van der Waals surface area (Å²) in [5.41, 5.74) is -5.21. The lowest BCUT2D eigenvalue weighted by Gasteiger charge is -2.60. The minimum Gasteiger partial charge on any atom is -0.460 e. The van der Waals surface area contributed by atoms with E-state index >= 15 is 0 Å². The smallest absolute Gasteiger partial charge is 0.338 e. The number of ketones is 1. The minimum atomic E-state index is -1.59. The number of ether oxygens (including phenoxy) is 3.